The molecule has 1 heterocycles. The first-order valence-electron chi connectivity index (χ1n) is 7.47. The van der Waals surface area contributed by atoms with Crippen molar-refractivity contribution in [3.63, 3.8) is 0 Å². The lowest BCUT2D eigenvalue weighted by molar-refractivity contribution is -0.120. The fourth-order valence-electron chi connectivity index (χ4n) is 2.08. The molecule has 0 spiro atoms. The number of thiazole rings is 1. The SMILES string of the molecule is O=C(Cc1csc(NC(=O)C2CC2)n1)NCc1ccc(F)cc1F. The molecular formula is C16H15F2N3O2S. The molecule has 3 rings (SSSR count). The molecule has 126 valence electrons. The standard InChI is InChI=1S/C16H15F2N3O2S/c17-11-4-3-10(13(18)5-11)7-19-14(22)6-12-8-24-16(20-12)21-15(23)9-1-2-9/h3-5,8-9H,1-2,6-7H2,(H,19,22)(H,20,21,23). The van der Waals surface area contributed by atoms with E-state index < -0.39 is 11.6 Å². The quantitative estimate of drug-likeness (QED) is 0.840. The molecule has 0 atom stereocenters. The Hall–Kier alpha value is -2.35. The highest BCUT2D eigenvalue weighted by Gasteiger charge is 2.30. The van der Waals surface area contributed by atoms with Crippen LogP contribution in [0.15, 0.2) is 23.6 Å². The minimum Gasteiger partial charge on any atom is -0.352 e. The summed E-state index contributed by atoms with van der Waals surface area (Å²) in [5.41, 5.74) is 0.739. The van der Waals surface area contributed by atoms with Crippen LogP contribution in [0.1, 0.15) is 24.1 Å². The van der Waals surface area contributed by atoms with E-state index in [4.69, 9.17) is 0 Å². The minimum atomic E-state index is -0.700. The van der Waals surface area contributed by atoms with Crippen LogP contribution in [0.4, 0.5) is 13.9 Å². The van der Waals surface area contributed by atoms with Gasteiger partial charge >= 0.3 is 0 Å². The first kappa shape index (κ1) is 16.5. The van der Waals surface area contributed by atoms with Crippen LogP contribution in [-0.2, 0) is 22.6 Å². The fraction of sp³-hybridized carbons (Fsp3) is 0.312. The number of anilines is 1. The third kappa shape index (κ3) is 4.35. The summed E-state index contributed by atoms with van der Waals surface area (Å²) < 4.78 is 26.3. The fourth-order valence-corrected chi connectivity index (χ4v) is 2.80. The lowest BCUT2D eigenvalue weighted by atomic mass is 10.2. The molecule has 2 amide bonds. The Morgan fingerprint density at radius 3 is 2.79 bits per heavy atom. The van der Waals surface area contributed by atoms with Crippen LogP contribution < -0.4 is 10.6 Å². The molecule has 0 aliphatic heterocycles. The van der Waals surface area contributed by atoms with Gasteiger partial charge in [0.15, 0.2) is 5.13 Å². The van der Waals surface area contributed by atoms with E-state index in [2.05, 4.69) is 15.6 Å². The average Bonchev–Trinajstić information content (AvgIpc) is 3.29. The molecule has 0 radical (unpaired) electrons. The summed E-state index contributed by atoms with van der Waals surface area (Å²) in [4.78, 5) is 27.7. The van der Waals surface area contributed by atoms with Crippen molar-refractivity contribution in [2.24, 2.45) is 5.92 Å². The molecule has 8 heteroatoms. The van der Waals surface area contributed by atoms with Gasteiger partial charge in [-0.05, 0) is 18.9 Å². The molecule has 1 aromatic heterocycles. The normalized spacial score (nSPS) is 13.6. The molecule has 1 saturated carbocycles. The number of nitrogens with zero attached hydrogens (tertiary/aromatic N) is 1. The Bertz CT molecular complexity index is 774. The van der Waals surface area contributed by atoms with E-state index in [1.807, 2.05) is 0 Å². The van der Waals surface area contributed by atoms with Crippen LogP contribution in [0.2, 0.25) is 0 Å². The molecule has 5 nitrogen and oxygen atoms in total. The number of carbonyl (C=O) groups excluding carboxylic acids is 2. The van der Waals surface area contributed by atoms with E-state index in [0.717, 1.165) is 25.0 Å². The highest BCUT2D eigenvalue weighted by Crippen LogP contribution is 2.30. The maximum absolute atomic E-state index is 13.5. The van der Waals surface area contributed by atoms with Crippen molar-refractivity contribution in [2.45, 2.75) is 25.8 Å². The van der Waals surface area contributed by atoms with Gasteiger partial charge in [0, 0.05) is 29.5 Å². The highest BCUT2D eigenvalue weighted by molar-refractivity contribution is 7.13. The van der Waals surface area contributed by atoms with Crippen LogP contribution >= 0.6 is 11.3 Å². The Labute approximate surface area is 141 Å². The molecule has 1 aliphatic rings. The van der Waals surface area contributed by atoms with Crippen molar-refractivity contribution in [1.82, 2.24) is 10.3 Å². The van der Waals surface area contributed by atoms with E-state index in [9.17, 15) is 18.4 Å². The van der Waals surface area contributed by atoms with Crippen LogP contribution in [-0.4, -0.2) is 16.8 Å². The molecule has 0 saturated heterocycles. The van der Waals surface area contributed by atoms with Gasteiger partial charge in [-0.1, -0.05) is 6.07 Å². The third-order valence-electron chi connectivity index (χ3n) is 3.56. The zero-order valence-electron chi connectivity index (χ0n) is 12.6. The van der Waals surface area contributed by atoms with Gasteiger partial charge in [0.05, 0.1) is 12.1 Å². The van der Waals surface area contributed by atoms with Crippen molar-refractivity contribution < 1.29 is 18.4 Å². The molecule has 24 heavy (non-hydrogen) atoms. The Morgan fingerprint density at radius 1 is 1.29 bits per heavy atom. The molecule has 0 bridgehead atoms. The molecular weight excluding hydrogens is 336 g/mol. The Kier molecular flexibility index (Phi) is 4.84. The van der Waals surface area contributed by atoms with Crippen LogP contribution in [0.3, 0.4) is 0 Å². The summed E-state index contributed by atoms with van der Waals surface area (Å²) in [5, 5.41) is 7.45. The zero-order valence-corrected chi connectivity index (χ0v) is 13.5. The number of benzene rings is 1. The minimum absolute atomic E-state index is 0.0264. The first-order valence-corrected chi connectivity index (χ1v) is 8.35. The maximum Gasteiger partial charge on any atom is 0.229 e. The molecule has 1 fully saturated rings. The number of aromatic nitrogens is 1. The third-order valence-corrected chi connectivity index (χ3v) is 4.37. The number of hydrogen-bond acceptors (Lipinski definition) is 4. The van der Waals surface area contributed by atoms with Gasteiger partial charge < -0.3 is 10.6 Å². The monoisotopic (exact) mass is 351 g/mol. The lowest BCUT2D eigenvalue weighted by Gasteiger charge is -2.05. The first-order chi connectivity index (χ1) is 11.5. The van der Waals surface area contributed by atoms with Crippen molar-refractivity contribution in [1.29, 1.82) is 0 Å². The number of nitrogens with one attached hydrogen (secondary N) is 2. The van der Waals surface area contributed by atoms with Gasteiger partial charge in [-0.25, -0.2) is 13.8 Å². The predicted octanol–water partition coefficient (Wildman–Crippen LogP) is 2.63. The van der Waals surface area contributed by atoms with Crippen molar-refractivity contribution in [2.75, 3.05) is 5.32 Å². The van der Waals surface area contributed by atoms with Crippen LogP contribution in [0, 0.1) is 17.6 Å². The van der Waals surface area contributed by atoms with Crippen LogP contribution in [0.5, 0.6) is 0 Å². The summed E-state index contributed by atoms with van der Waals surface area (Å²) in [5.74, 6) is -1.64. The summed E-state index contributed by atoms with van der Waals surface area (Å²) >= 11 is 1.26. The molecule has 1 aromatic carbocycles. The second-order valence-electron chi connectivity index (χ2n) is 5.60. The molecule has 1 aliphatic carbocycles. The largest absolute Gasteiger partial charge is 0.352 e. The van der Waals surface area contributed by atoms with Crippen molar-refractivity contribution >= 4 is 28.3 Å². The van der Waals surface area contributed by atoms with E-state index in [1.54, 1.807) is 5.38 Å². The second kappa shape index (κ2) is 7.04. The highest BCUT2D eigenvalue weighted by atomic mass is 32.1. The Balaban J connectivity index is 1.49. The van der Waals surface area contributed by atoms with Crippen molar-refractivity contribution in [3.05, 3.63) is 46.5 Å². The number of amides is 2. The van der Waals surface area contributed by atoms with Gasteiger partial charge in [-0.15, -0.1) is 11.3 Å². The zero-order chi connectivity index (χ0) is 17.1. The number of rotatable bonds is 6. The van der Waals surface area contributed by atoms with E-state index in [0.29, 0.717) is 10.8 Å². The Morgan fingerprint density at radius 2 is 2.08 bits per heavy atom. The summed E-state index contributed by atoms with van der Waals surface area (Å²) in [6, 6.07) is 3.20. The van der Waals surface area contributed by atoms with Gasteiger partial charge in [0.2, 0.25) is 11.8 Å². The predicted molar refractivity (Wildman–Crippen MR) is 85.4 cm³/mol. The van der Waals surface area contributed by atoms with E-state index >= 15 is 0 Å². The smallest absolute Gasteiger partial charge is 0.229 e. The summed E-state index contributed by atoms with van der Waals surface area (Å²) in [7, 11) is 0. The summed E-state index contributed by atoms with van der Waals surface area (Å²) in [6.07, 6.45) is 1.84. The molecule has 2 aromatic rings. The topological polar surface area (TPSA) is 71.1 Å². The maximum atomic E-state index is 13.5. The van der Waals surface area contributed by atoms with Gasteiger partial charge in [-0.2, -0.15) is 0 Å². The summed E-state index contributed by atoms with van der Waals surface area (Å²) in [6.45, 7) is -0.0274. The second-order valence-corrected chi connectivity index (χ2v) is 6.45. The van der Waals surface area contributed by atoms with Gasteiger partial charge in [0.1, 0.15) is 11.6 Å². The molecule has 0 unspecified atom stereocenters. The number of halogens is 2. The number of hydrogen-bond donors (Lipinski definition) is 2. The van der Waals surface area contributed by atoms with E-state index in [1.165, 1.54) is 17.4 Å². The molecule has 2 N–H and O–H groups in total. The number of carbonyl (C=O) groups is 2. The van der Waals surface area contributed by atoms with Gasteiger partial charge in [0.25, 0.3) is 0 Å². The van der Waals surface area contributed by atoms with Gasteiger partial charge in [-0.3, -0.25) is 9.59 Å². The lowest BCUT2D eigenvalue weighted by Crippen LogP contribution is -2.25. The average molecular weight is 351 g/mol. The van der Waals surface area contributed by atoms with Crippen LogP contribution in [0.25, 0.3) is 0 Å². The van der Waals surface area contributed by atoms with E-state index in [-0.39, 0.29) is 36.3 Å². The van der Waals surface area contributed by atoms with Crippen molar-refractivity contribution in [3.8, 4) is 0 Å².